The van der Waals surface area contributed by atoms with Crippen molar-refractivity contribution in [1.29, 1.82) is 0 Å². The number of hydrogen-bond donors (Lipinski definition) is 1. The van der Waals surface area contributed by atoms with Gasteiger partial charge in [-0.15, -0.1) is 0 Å². The van der Waals surface area contributed by atoms with Crippen LogP contribution in [0.15, 0.2) is 23.0 Å². The average molecular weight is 278 g/mol. The van der Waals surface area contributed by atoms with Crippen molar-refractivity contribution in [2.45, 2.75) is 25.8 Å². The van der Waals surface area contributed by atoms with Gasteiger partial charge in [0.05, 0.1) is 5.52 Å². The van der Waals surface area contributed by atoms with E-state index in [2.05, 4.69) is 0 Å². The topological polar surface area (TPSA) is 59.3 Å². The molecule has 0 amide bonds. The first-order valence-corrected chi connectivity index (χ1v) is 6.46. The van der Waals surface area contributed by atoms with Crippen molar-refractivity contribution in [3.8, 4) is 0 Å². The van der Waals surface area contributed by atoms with E-state index in [9.17, 15) is 14.7 Å². The van der Waals surface area contributed by atoms with Crippen LogP contribution in [0.2, 0.25) is 5.02 Å². The maximum absolute atomic E-state index is 12.0. The van der Waals surface area contributed by atoms with E-state index in [1.165, 1.54) is 6.07 Å². The number of aromatic nitrogens is 1. The Bertz CT molecular complexity index is 759. The number of aryl methyl sites for hydroxylation is 1. The largest absolute Gasteiger partial charge is 0.477 e. The zero-order valence-electron chi connectivity index (χ0n) is 10.3. The molecule has 0 bridgehead atoms. The molecule has 3 rings (SSSR count). The van der Waals surface area contributed by atoms with Crippen molar-refractivity contribution in [3.63, 3.8) is 0 Å². The number of carbonyl (C=O) groups is 1. The van der Waals surface area contributed by atoms with E-state index >= 15 is 0 Å². The van der Waals surface area contributed by atoms with Crippen LogP contribution in [0.25, 0.3) is 10.9 Å². The van der Waals surface area contributed by atoms with Crippen LogP contribution in [-0.4, -0.2) is 15.6 Å². The number of hydrogen-bond acceptors (Lipinski definition) is 2. The molecule has 1 heterocycles. The molecule has 0 unspecified atom stereocenters. The molecule has 1 aromatic heterocycles. The highest BCUT2D eigenvalue weighted by atomic mass is 35.5. The standard InChI is InChI=1S/C14H12ClNO3/c1-7-10(15)5-4-9-12(17)6-11(14(18)19)16(13(7)9)8-2-3-8/h4-6,8H,2-3H2,1H3,(H,18,19). The molecule has 1 fully saturated rings. The number of aromatic carboxylic acids is 1. The van der Waals surface area contributed by atoms with Gasteiger partial charge in [-0.05, 0) is 37.5 Å². The van der Waals surface area contributed by atoms with Crippen molar-refractivity contribution in [2.24, 2.45) is 0 Å². The normalized spacial score (nSPS) is 14.8. The summed E-state index contributed by atoms with van der Waals surface area (Å²) in [5.41, 5.74) is 1.18. The Hall–Kier alpha value is -1.81. The van der Waals surface area contributed by atoms with Gasteiger partial charge in [0.1, 0.15) is 5.69 Å². The third-order valence-electron chi connectivity index (χ3n) is 3.53. The lowest BCUT2D eigenvalue weighted by atomic mass is 10.1. The molecule has 0 atom stereocenters. The van der Waals surface area contributed by atoms with E-state index in [4.69, 9.17) is 11.6 Å². The van der Waals surface area contributed by atoms with Gasteiger partial charge in [0, 0.05) is 22.5 Å². The Kier molecular flexibility index (Phi) is 2.64. The smallest absolute Gasteiger partial charge is 0.352 e. The summed E-state index contributed by atoms with van der Waals surface area (Å²) >= 11 is 6.11. The summed E-state index contributed by atoms with van der Waals surface area (Å²) in [6.45, 7) is 1.81. The molecule has 1 aromatic carbocycles. The van der Waals surface area contributed by atoms with Crippen LogP contribution >= 0.6 is 11.6 Å². The van der Waals surface area contributed by atoms with Crippen molar-refractivity contribution in [1.82, 2.24) is 4.57 Å². The summed E-state index contributed by atoms with van der Waals surface area (Å²) in [4.78, 5) is 23.4. The van der Waals surface area contributed by atoms with Gasteiger partial charge in [0.15, 0.2) is 5.43 Å². The van der Waals surface area contributed by atoms with E-state index in [0.717, 1.165) is 18.4 Å². The fourth-order valence-corrected chi connectivity index (χ4v) is 2.61. The molecule has 19 heavy (non-hydrogen) atoms. The van der Waals surface area contributed by atoms with Crippen LogP contribution in [0.1, 0.15) is 34.9 Å². The molecule has 2 aromatic rings. The summed E-state index contributed by atoms with van der Waals surface area (Å²) in [7, 11) is 0. The van der Waals surface area contributed by atoms with E-state index in [0.29, 0.717) is 15.9 Å². The van der Waals surface area contributed by atoms with E-state index in [-0.39, 0.29) is 17.2 Å². The van der Waals surface area contributed by atoms with Gasteiger partial charge < -0.3 is 9.67 Å². The fraction of sp³-hybridized carbons (Fsp3) is 0.286. The number of benzene rings is 1. The first kappa shape index (κ1) is 12.2. The van der Waals surface area contributed by atoms with Crippen molar-refractivity contribution in [2.75, 3.05) is 0 Å². The second-order valence-corrected chi connectivity index (χ2v) is 5.28. The molecule has 0 spiro atoms. The van der Waals surface area contributed by atoms with Crippen LogP contribution < -0.4 is 5.43 Å². The maximum atomic E-state index is 12.0. The number of pyridine rings is 1. The molecule has 0 radical (unpaired) electrons. The SMILES string of the molecule is Cc1c(Cl)ccc2c(=O)cc(C(=O)O)n(C3CC3)c12. The first-order valence-electron chi connectivity index (χ1n) is 6.08. The number of carboxylic acid groups (broad SMARTS) is 1. The highest BCUT2D eigenvalue weighted by molar-refractivity contribution is 6.32. The van der Waals surface area contributed by atoms with Crippen molar-refractivity contribution < 1.29 is 9.90 Å². The van der Waals surface area contributed by atoms with E-state index in [1.807, 2.05) is 6.92 Å². The minimum absolute atomic E-state index is 0.0466. The molecule has 1 saturated carbocycles. The van der Waals surface area contributed by atoms with Gasteiger partial charge in [-0.25, -0.2) is 4.79 Å². The van der Waals surface area contributed by atoms with Crippen LogP contribution in [0.5, 0.6) is 0 Å². The van der Waals surface area contributed by atoms with Gasteiger partial charge in [0.2, 0.25) is 0 Å². The molecule has 1 N–H and O–H groups in total. The Labute approximate surface area is 114 Å². The Morgan fingerprint density at radius 2 is 2.11 bits per heavy atom. The van der Waals surface area contributed by atoms with Gasteiger partial charge in [-0.2, -0.15) is 0 Å². The number of fused-ring (bicyclic) bond motifs is 1. The number of halogens is 1. The molecular weight excluding hydrogens is 266 g/mol. The molecule has 1 aliphatic rings. The monoisotopic (exact) mass is 277 g/mol. The first-order chi connectivity index (χ1) is 9.00. The predicted molar refractivity (Wildman–Crippen MR) is 73.2 cm³/mol. The quantitative estimate of drug-likeness (QED) is 0.918. The zero-order valence-corrected chi connectivity index (χ0v) is 11.1. The highest BCUT2D eigenvalue weighted by Gasteiger charge is 2.29. The Morgan fingerprint density at radius 3 is 2.68 bits per heavy atom. The number of carboxylic acids is 1. The zero-order chi connectivity index (χ0) is 13.7. The van der Waals surface area contributed by atoms with Crippen LogP contribution in [0.4, 0.5) is 0 Å². The third kappa shape index (κ3) is 1.83. The Balaban J connectivity index is 2.53. The van der Waals surface area contributed by atoms with Gasteiger partial charge in [-0.1, -0.05) is 11.6 Å². The van der Waals surface area contributed by atoms with Crippen molar-refractivity contribution in [3.05, 3.63) is 44.7 Å². The minimum Gasteiger partial charge on any atom is -0.477 e. The molecule has 4 nitrogen and oxygen atoms in total. The lowest BCUT2D eigenvalue weighted by Gasteiger charge is -2.16. The summed E-state index contributed by atoms with van der Waals surface area (Å²) in [6.07, 6.45) is 1.87. The second kappa shape index (κ2) is 4.10. The lowest BCUT2D eigenvalue weighted by molar-refractivity contribution is 0.0684. The molecule has 5 heteroatoms. The predicted octanol–water partition coefficient (Wildman–Crippen LogP) is 3.00. The molecule has 0 saturated heterocycles. The van der Waals surface area contributed by atoms with Gasteiger partial charge in [0.25, 0.3) is 0 Å². The third-order valence-corrected chi connectivity index (χ3v) is 3.94. The molecule has 0 aliphatic heterocycles. The van der Waals surface area contributed by atoms with Crippen molar-refractivity contribution >= 4 is 28.5 Å². The minimum atomic E-state index is -1.08. The summed E-state index contributed by atoms with van der Waals surface area (Å²) < 4.78 is 1.75. The van der Waals surface area contributed by atoms with E-state index < -0.39 is 5.97 Å². The summed E-state index contributed by atoms with van der Waals surface area (Å²) in [5, 5.41) is 10.4. The lowest BCUT2D eigenvalue weighted by Crippen LogP contribution is -2.18. The van der Waals surface area contributed by atoms with Crippen LogP contribution in [-0.2, 0) is 0 Å². The number of rotatable bonds is 2. The summed E-state index contributed by atoms with van der Waals surface area (Å²) in [6, 6.07) is 4.71. The second-order valence-electron chi connectivity index (χ2n) is 4.87. The average Bonchev–Trinajstić information content (AvgIpc) is 3.17. The molecule has 1 aliphatic carbocycles. The van der Waals surface area contributed by atoms with Crippen LogP contribution in [0.3, 0.4) is 0 Å². The molecular formula is C14H12ClNO3. The van der Waals surface area contributed by atoms with E-state index in [1.54, 1.807) is 16.7 Å². The maximum Gasteiger partial charge on any atom is 0.352 e. The fourth-order valence-electron chi connectivity index (χ4n) is 2.45. The van der Waals surface area contributed by atoms with Gasteiger partial charge >= 0.3 is 5.97 Å². The molecule has 98 valence electrons. The number of nitrogens with zero attached hydrogens (tertiary/aromatic N) is 1. The van der Waals surface area contributed by atoms with Crippen LogP contribution in [0, 0.1) is 6.92 Å². The highest BCUT2D eigenvalue weighted by Crippen LogP contribution is 2.39. The Morgan fingerprint density at radius 1 is 1.42 bits per heavy atom. The van der Waals surface area contributed by atoms with Gasteiger partial charge in [-0.3, -0.25) is 4.79 Å². The summed E-state index contributed by atoms with van der Waals surface area (Å²) in [5.74, 6) is -1.08.